The van der Waals surface area contributed by atoms with E-state index >= 15 is 9.59 Å². The van der Waals surface area contributed by atoms with E-state index in [0.717, 1.165) is 4.90 Å². The summed E-state index contributed by atoms with van der Waals surface area (Å²) in [6, 6.07) is -4.46. The Morgan fingerprint density at radius 1 is 0.595 bits per heavy atom. The van der Waals surface area contributed by atoms with Crippen LogP contribution in [0.2, 0.25) is 0 Å². The van der Waals surface area contributed by atoms with E-state index in [-0.39, 0.29) is 19.4 Å². The number of likely N-dealkylation sites (N-methyl/N-ethyl adjacent to an activating group) is 5. The molecule has 0 aromatic heterocycles. The molecular weight excluding hydrogens is 1080 g/mol. The summed E-state index contributed by atoms with van der Waals surface area (Å²) in [5, 5.41) is 11.2. The number of methoxy groups -OCH3 is 1. The van der Waals surface area contributed by atoms with Gasteiger partial charge in [-0.15, -0.1) is 0 Å². The molecule has 1 aromatic carbocycles. The van der Waals surface area contributed by atoms with Gasteiger partial charge in [-0.05, 0) is 94.2 Å². The van der Waals surface area contributed by atoms with Gasteiger partial charge in [-0.3, -0.25) is 52.7 Å². The Kier molecular flexibility index (Phi) is 26.7. The van der Waals surface area contributed by atoms with Crippen molar-refractivity contribution < 1.29 is 62.2 Å². The van der Waals surface area contributed by atoms with Gasteiger partial charge < -0.3 is 60.1 Å². The monoisotopic (exact) mass is 1180 g/mol. The van der Waals surface area contributed by atoms with Crippen molar-refractivity contribution in [2.45, 2.75) is 202 Å². The summed E-state index contributed by atoms with van der Waals surface area (Å²) >= 11 is 0. The summed E-state index contributed by atoms with van der Waals surface area (Å²) in [5.41, 5.74) is -0.371. The average molecular weight is 1180 g/mol. The molecule has 10 amide bonds. The largest absolute Gasteiger partial charge is 0.497 e. The highest BCUT2D eigenvalue weighted by atomic mass is 16.6. The van der Waals surface area contributed by atoms with Crippen LogP contribution in [0.5, 0.6) is 5.75 Å². The summed E-state index contributed by atoms with van der Waals surface area (Å²) in [6.45, 7) is 23.4. The SMILES string of the molecule is CC[C@H](C)[C@H]1C(=O)NCC(=O)N(C)[C@@H](C(C)C)C(=O)N[C@@H](Cc2ccc(OC)cc2)C(=O)N[C@H](C)C(=O)N2CCCC[C@H]2C(=O)N(C)[C@@H](C(C)C)C(=O)N[C@@H](C(C)C)C(=O)N(C)[C@@H](CC(=O)OC(C)(C)C)C(=O)N(C)[C@@H]([C@@H](C)CC)C(=O)N1C. The summed E-state index contributed by atoms with van der Waals surface area (Å²) in [5.74, 6) is -9.85. The standard InChI is InChI=1S/C61H100N10O13/c1-21-37(9)50-53(75)62-33-45(72)67(16)48(35(5)6)54(76)64-42(31-40-26-28-41(83-20)29-27-40)52(74)63-39(11)56(78)71-30-24-23-25-43(71)57(79)68(17)49(36(7)8)55(77)65-47(34(3)4)59(81)66(15)44(32-46(73)84-61(12,13)14)58(80)70(19)51(38(10)22-2)60(82)69(50)18/h26-29,34-39,42-44,47-51H,21-25,30-33H2,1-20H3,(H,62,75)(H,63,74)(H,64,76)(H,65,77)/t37-,38-,39+,42-,43-,44-,47-,48-,49-,50-,51-/m0/s1. The number of hydrogen-bond donors (Lipinski definition) is 4. The summed E-state index contributed by atoms with van der Waals surface area (Å²) < 4.78 is 11.0. The van der Waals surface area contributed by atoms with Gasteiger partial charge in [-0.2, -0.15) is 0 Å². The molecule has 4 N–H and O–H groups in total. The van der Waals surface area contributed by atoms with Crippen LogP contribution < -0.4 is 26.0 Å². The predicted molar refractivity (Wildman–Crippen MR) is 317 cm³/mol. The normalized spacial score (nSPS) is 26.2. The van der Waals surface area contributed by atoms with Crippen LogP contribution in [0, 0.1) is 29.6 Å². The highest BCUT2D eigenvalue weighted by Gasteiger charge is 2.46. The Hall–Kier alpha value is -6.81. The lowest BCUT2D eigenvalue weighted by Crippen LogP contribution is -2.63. The van der Waals surface area contributed by atoms with Gasteiger partial charge in [0.05, 0.1) is 20.1 Å². The van der Waals surface area contributed by atoms with Crippen LogP contribution >= 0.6 is 0 Å². The van der Waals surface area contributed by atoms with Crippen molar-refractivity contribution in [3.05, 3.63) is 29.8 Å². The van der Waals surface area contributed by atoms with Crippen LogP contribution in [0.4, 0.5) is 0 Å². The van der Waals surface area contributed by atoms with Gasteiger partial charge in [-0.25, -0.2) is 0 Å². The zero-order valence-electron chi connectivity index (χ0n) is 53.7. The Balaban J connectivity index is 2.31. The number of benzene rings is 1. The molecule has 0 spiro atoms. The second kappa shape index (κ2) is 31.4. The number of hydrogen-bond acceptors (Lipinski definition) is 13. The molecule has 1 aromatic rings. The van der Waals surface area contributed by atoms with Crippen molar-refractivity contribution in [3.63, 3.8) is 0 Å². The first-order valence-electron chi connectivity index (χ1n) is 29.7. The number of fused-ring (bicyclic) bond motifs is 1. The molecule has 2 aliphatic heterocycles. The zero-order valence-corrected chi connectivity index (χ0v) is 53.7. The first-order chi connectivity index (χ1) is 39.1. The molecule has 84 heavy (non-hydrogen) atoms. The number of carbonyl (C=O) groups is 11. The maximum Gasteiger partial charge on any atom is 0.308 e. The third-order valence-electron chi connectivity index (χ3n) is 16.3. The summed E-state index contributed by atoms with van der Waals surface area (Å²) in [7, 11) is 8.51. The third kappa shape index (κ3) is 18.3. The molecule has 0 unspecified atom stereocenters. The van der Waals surface area contributed by atoms with Gasteiger partial charge in [0.15, 0.2) is 0 Å². The molecule has 2 heterocycles. The van der Waals surface area contributed by atoms with Gasteiger partial charge in [0.2, 0.25) is 59.1 Å². The minimum absolute atomic E-state index is 0.0490. The van der Waals surface area contributed by atoms with Crippen molar-refractivity contribution in [1.29, 1.82) is 0 Å². The predicted octanol–water partition coefficient (Wildman–Crippen LogP) is 3.15. The van der Waals surface area contributed by atoms with Crippen molar-refractivity contribution in [3.8, 4) is 5.75 Å². The summed E-state index contributed by atoms with van der Waals surface area (Å²) in [4.78, 5) is 168. The number of nitrogens with zero attached hydrogens (tertiary/aromatic N) is 6. The Bertz CT molecular complexity index is 2500. The van der Waals surface area contributed by atoms with Crippen molar-refractivity contribution >= 4 is 65.0 Å². The maximum absolute atomic E-state index is 15.2. The number of piperidine rings is 1. The van der Waals surface area contributed by atoms with E-state index in [2.05, 4.69) is 21.3 Å². The van der Waals surface area contributed by atoms with E-state index in [4.69, 9.17) is 9.47 Å². The van der Waals surface area contributed by atoms with E-state index in [1.165, 1.54) is 73.8 Å². The number of carbonyl (C=O) groups excluding carboxylic acids is 11. The summed E-state index contributed by atoms with van der Waals surface area (Å²) in [6.07, 6.45) is 1.43. The van der Waals surface area contributed by atoms with Crippen molar-refractivity contribution in [2.75, 3.05) is 55.4 Å². The molecule has 2 fully saturated rings. The molecule has 0 radical (unpaired) electrons. The van der Waals surface area contributed by atoms with Crippen molar-refractivity contribution in [2.24, 2.45) is 29.6 Å². The smallest absolute Gasteiger partial charge is 0.308 e. The first-order valence-corrected chi connectivity index (χ1v) is 29.7. The third-order valence-corrected chi connectivity index (χ3v) is 16.3. The number of rotatable bonds is 12. The highest BCUT2D eigenvalue weighted by molar-refractivity contribution is 6.00. The topological polar surface area (TPSA) is 274 Å². The van der Waals surface area contributed by atoms with E-state index in [0.29, 0.717) is 37.0 Å². The first kappa shape index (κ1) is 71.5. The molecule has 23 nitrogen and oxygen atoms in total. The highest BCUT2D eigenvalue weighted by Crippen LogP contribution is 2.27. The van der Waals surface area contributed by atoms with Crippen LogP contribution in [-0.4, -0.2) is 210 Å². The van der Waals surface area contributed by atoms with E-state index in [1.807, 2.05) is 13.8 Å². The Labute approximate surface area is 498 Å². The van der Waals surface area contributed by atoms with Gasteiger partial charge in [0.25, 0.3) is 0 Å². The van der Waals surface area contributed by atoms with Crippen LogP contribution in [0.25, 0.3) is 0 Å². The number of amides is 10. The average Bonchev–Trinajstić information content (AvgIpc) is 3.43. The second-order valence-electron chi connectivity index (χ2n) is 25.0. The molecule has 11 atom stereocenters. The lowest BCUT2D eigenvalue weighted by atomic mass is 9.92. The zero-order chi connectivity index (χ0) is 64.0. The van der Waals surface area contributed by atoms with E-state index in [1.54, 1.807) is 100 Å². The number of ether oxygens (including phenoxy) is 2. The molecule has 0 saturated carbocycles. The van der Waals surface area contributed by atoms with Gasteiger partial charge >= 0.3 is 5.97 Å². The van der Waals surface area contributed by atoms with Gasteiger partial charge in [-0.1, -0.05) is 94.2 Å². The Morgan fingerprint density at radius 2 is 1.12 bits per heavy atom. The lowest BCUT2D eigenvalue weighted by Gasteiger charge is -2.41. The molecule has 472 valence electrons. The van der Waals surface area contributed by atoms with Crippen LogP contribution in [0.15, 0.2) is 24.3 Å². The van der Waals surface area contributed by atoms with E-state index < -0.39 is 168 Å². The minimum Gasteiger partial charge on any atom is -0.497 e. The quantitative estimate of drug-likeness (QED) is 0.219. The lowest BCUT2D eigenvalue weighted by molar-refractivity contribution is -0.162. The molecule has 23 heteroatoms. The molecule has 3 rings (SSSR count). The number of esters is 1. The molecule has 0 bridgehead atoms. The maximum atomic E-state index is 15.2. The molecule has 2 aliphatic rings. The van der Waals surface area contributed by atoms with E-state index in [9.17, 15) is 43.2 Å². The van der Waals surface area contributed by atoms with Gasteiger partial charge in [0.1, 0.15) is 65.7 Å². The molecular formula is C61H100N10O13. The Morgan fingerprint density at radius 3 is 1.64 bits per heavy atom. The fourth-order valence-corrected chi connectivity index (χ4v) is 11.1. The van der Waals surface area contributed by atoms with Crippen LogP contribution in [0.3, 0.4) is 0 Å². The van der Waals surface area contributed by atoms with Crippen LogP contribution in [0.1, 0.15) is 141 Å². The second-order valence-corrected chi connectivity index (χ2v) is 25.0. The molecule has 2 saturated heterocycles. The van der Waals surface area contributed by atoms with Crippen LogP contribution in [-0.2, 0) is 63.9 Å². The fraction of sp³-hybridized carbons (Fsp3) is 0.721. The van der Waals surface area contributed by atoms with Crippen molar-refractivity contribution in [1.82, 2.24) is 50.7 Å². The fourth-order valence-electron chi connectivity index (χ4n) is 11.1. The minimum atomic E-state index is -1.58. The number of nitrogens with one attached hydrogen (secondary N) is 4. The van der Waals surface area contributed by atoms with Gasteiger partial charge in [0, 0.05) is 48.2 Å². The molecule has 0 aliphatic carbocycles.